The molecule has 0 N–H and O–H groups in total. The second-order valence-corrected chi connectivity index (χ2v) is 8.76. The smallest absolute Gasteiger partial charge is 0.329 e. The zero-order chi connectivity index (χ0) is 22.1. The first-order valence-corrected chi connectivity index (χ1v) is 9.46. The van der Waals surface area contributed by atoms with E-state index >= 15 is 0 Å². The number of halogens is 4. The molecule has 0 radical (unpaired) electrons. The predicted octanol–water partition coefficient (Wildman–Crippen LogP) is 3.87. The normalized spacial score (nSPS) is 18.5. The number of hydrogen-bond donors (Lipinski definition) is 0. The Morgan fingerprint density at radius 2 is 1.70 bits per heavy atom. The van der Waals surface area contributed by atoms with E-state index in [0.717, 1.165) is 16.0 Å². The Morgan fingerprint density at radius 3 is 2.23 bits per heavy atom. The molecule has 3 aromatic heterocycles. The Morgan fingerprint density at radius 1 is 1.07 bits per heavy atom. The van der Waals surface area contributed by atoms with E-state index in [1.165, 1.54) is 4.68 Å². The van der Waals surface area contributed by atoms with E-state index in [-0.39, 0.29) is 17.9 Å². The van der Waals surface area contributed by atoms with Crippen molar-refractivity contribution in [3.8, 4) is 0 Å². The monoisotopic (exact) mass is 426 g/mol. The molecule has 1 fully saturated rings. The van der Waals surface area contributed by atoms with Gasteiger partial charge in [0.15, 0.2) is 17.0 Å². The minimum Gasteiger partial charge on any atom is -0.469 e. The standard InChI is InChI=1S/C19H22F4N6O/c1-10-7-30-11(2)12(10)6-29-15-13(26-27-29)14(24-16(25-15)17(3,4)5)28-8-18(20,21)19(22,23)9-28/h7H,6,8-9H2,1-5H3. The van der Waals surface area contributed by atoms with Gasteiger partial charge in [0.25, 0.3) is 0 Å². The number of aryl methyl sites for hydroxylation is 2. The lowest BCUT2D eigenvalue weighted by Crippen LogP contribution is -2.38. The van der Waals surface area contributed by atoms with Gasteiger partial charge in [0.1, 0.15) is 11.6 Å². The molecule has 1 aliphatic rings. The molecule has 0 atom stereocenters. The van der Waals surface area contributed by atoms with Gasteiger partial charge in [0, 0.05) is 11.0 Å². The summed E-state index contributed by atoms with van der Waals surface area (Å²) in [6.45, 7) is 7.25. The topological polar surface area (TPSA) is 72.9 Å². The number of furan rings is 1. The predicted molar refractivity (Wildman–Crippen MR) is 101 cm³/mol. The lowest BCUT2D eigenvalue weighted by Gasteiger charge is -2.21. The maximum atomic E-state index is 13.9. The van der Waals surface area contributed by atoms with Crippen molar-refractivity contribution in [2.24, 2.45) is 0 Å². The molecule has 1 saturated heterocycles. The number of hydrogen-bond acceptors (Lipinski definition) is 6. The maximum absolute atomic E-state index is 13.9. The molecule has 11 heteroatoms. The Kier molecular flexibility index (Phi) is 4.37. The summed E-state index contributed by atoms with van der Waals surface area (Å²) in [5.74, 6) is -7.35. The molecule has 3 aromatic rings. The molecular weight excluding hydrogens is 404 g/mol. The molecule has 0 saturated carbocycles. The molecule has 4 rings (SSSR count). The first-order valence-electron chi connectivity index (χ1n) is 9.46. The van der Waals surface area contributed by atoms with Crippen LogP contribution in [0.25, 0.3) is 11.2 Å². The molecule has 0 amide bonds. The SMILES string of the molecule is Cc1coc(C)c1Cn1nnc2c(N3CC(F)(F)C(F)(F)C3)nc(C(C)(C)C)nc21. The van der Waals surface area contributed by atoms with Crippen LogP contribution in [0, 0.1) is 13.8 Å². The molecule has 7 nitrogen and oxygen atoms in total. The van der Waals surface area contributed by atoms with E-state index in [2.05, 4.69) is 20.3 Å². The Balaban J connectivity index is 1.86. The highest BCUT2D eigenvalue weighted by atomic mass is 19.3. The molecule has 0 unspecified atom stereocenters. The summed E-state index contributed by atoms with van der Waals surface area (Å²) in [5.41, 5.74) is 1.65. The number of aromatic nitrogens is 5. The third-order valence-corrected chi connectivity index (χ3v) is 5.25. The number of rotatable bonds is 3. The van der Waals surface area contributed by atoms with Crippen LogP contribution in [0.4, 0.5) is 23.4 Å². The summed E-state index contributed by atoms with van der Waals surface area (Å²) in [4.78, 5) is 9.76. The number of anilines is 1. The van der Waals surface area contributed by atoms with Gasteiger partial charge in [-0.25, -0.2) is 14.6 Å². The molecule has 30 heavy (non-hydrogen) atoms. The highest BCUT2D eigenvalue weighted by molar-refractivity contribution is 5.83. The van der Waals surface area contributed by atoms with Crippen LogP contribution in [-0.2, 0) is 12.0 Å². The molecule has 0 aromatic carbocycles. The molecule has 0 aliphatic carbocycles. The summed E-state index contributed by atoms with van der Waals surface area (Å²) in [7, 11) is 0. The fourth-order valence-corrected chi connectivity index (χ4v) is 3.40. The second kappa shape index (κ2) is 6.39. The first-order chi connectivity index (χ1) is 13.8. The summed E-state index contributed by atoms with van der Waals surface area (Å²) < 4.78 is 62.3. The average Bonchev–Trinajstić information content (AvgIpc) is 3.23. The number of alkyl halides is 4. The van der Waals surface area contributed by atoms with Crippen LogP contribution < -0.4 is 4.90 Å². The van der Waals surface area contributed by atoms with Gasteiger partial charge >= 0.3 is 11.8 Å². The minimum atomic E-state index is -4.16. The lowest BCUT2D eigenvalue weighted by molar-refractivity contribution is -0.172. The molecule has 0 bridgehead atoms. The second-order valence-electron chi connectivity index (χ2n) is 8.76. The number of fused-ring (bicyclic) bond motifs is 1. The van der Waals surface area contributed by atoms with Crippen LogP contribution in [0.15, 0.2) is 10.7 Å². The largest absolute Gasteiger partial charge is 0.469 e. The van der Waals surface area contributed by atoms with Crippen molar-refractivity contribution in [1.82, 2.24) is 25.0 Å². The quantitative estimate of drug-likeness (QED) is 0.592. The fourth-order valence-electron chi connectivity index (χ4n) is 3.40. The summed E-state index contributed by atoms with van der Waals surface area (Å²) >= 11 is 0. The van der Waals surface area contributed by atoms with E-state index in [9.17, 15) is 17.6 Å². The lowest BCUT2D eigenvalue weighted by atomic mass is 9.96. The van der Waals surface area contributed by atoms with Gasteiger partial charge in [0.2, 0.25) is 0 Å². The zero-order valence-electron chi connectivity index (χ0n) is 17.3. The van der Waals surface area contributed by atoms with Gasteiger partial charge in [-0.15, -0.1) is 5.10 Å². The van der Waals surface area contributed by atoms with Crippen molar-refractivity contribution in [2.45, 2.75) is 58.4 Å². The summed E-state index contributed by atoms with van der Waals surface area (Å²) in [6.07, 6.45) is 1.62. The third-order valence-electron chi connectivity index (χ3n) is 5.25. The van der Waals surface area contributed by atoms with E-state index in [0.29, 0.717) is 17.2 Å². The van der Waals surface area contributed by atoms with Crippen molar-refractivity contribution in [3.63, 3.8) is 0 Å². The van der Waals surface area contributed by atoms with Gasteiger partial charge < -0.3 is 9.32 Å². The van der Waals surface area contributed by atoms with Crippen LogP contribution in [-0.4, -0.2) is 49.9 Å². The van der Waals surface area contributed by atoms with E-state index < -0.39 is 30.3 Å². The van der Waals surface area contributed by atoms with Crippen LogP contribution >= 0.6 is 0 Å². The van der Waals surface area contributed by atoms with E-state index in [1.807, 2.05) is 34.6 Å². The molecule has 162 valence electrons. The van der Waals surface area contributed by atoms with Gasteiger partial charge in [-0.05, 0) is 19.4 Å². The van der Waals surface area contributed by atoms with Crippen molar-refractivity contribution in [3.05, 3.63) is 29.0 Å². The Bertz CT molecular complexity index is 1080. The minimum absolute atomic E-state index is 0.0614. The summed E-state index contributed by atoms with van der Waals surface area (Å²) in [6, 6.07) is 0. The van der Waals surface area contributed by atoms with Crippen molar-refractivity contribution < 1.29 is 22.0 Å². The molecule has 1 aliphatic heterocycles. The molecule has 0 spiro atoms. The Hall–Kier alpha value is -2.72. The van der Waals surface area contributed by atoms with Crippen molar-refractivity contribution in [1.29, 1.82) is 0 Å². The van der Waals surface area contributed by atoms with E-state index in [4.69, 9.17) is 4.42 Å². The number of nitrogens with zero attached hydrogens (tertiary/aromatic N) is 6. The van der Waals surface area contributed by atoms with Gasteiger partial charge in [-0.2, -0.15) is 17.6 Å². The van der Waals surface area contributed by atoms with Crippen molar-refractivity contribution >= 4 is 17.0 Å². The average molecular weight is 426 g/mol. The third kappa shape index (κ3) is 3.20. The van der Waals surface area contributed by atoms with Gasteiger partial charge in [-0.3, -0.25) is 0 Å². The van der Waals surface area contributed by atoms with Crippen LogP contribution in [0.1, 0.15) is 43.5 Å². The maximum Gasteiger partial charge on any atom is 0.329 e. The Labute approximate surface area is 170 Å². The van der Waals surface area contributed by atoms with Crippen LogP contribution in [0.5, 0.6) is 0 Å². The van der Waals surface area contributed by atoms with Crippen molar-refractivity contribution in [2.75, 3.05) is 18.0 Å². The highest BCUT2D eigenvalue weighted by Gasteiger charge is 2.63. The van der Waals surface area contributed by atoms with E-state index in [1.54, 1.807) is 6.26 Å². The fraction of sp³-hybridized carbons (Fsp3) is 0.579. The van der Waals surface area contributed by atoms with Gasteiger partial charge in [0.05, 0.1) is 25.9 Å². The molecule has 4 heterocycles. The first kappa shape index (κ1) is 20.5. The zero-order valence-corrected chi connectivity index (χ0v) is 17.3. The van der Waals surface area contributed by atoms with Crippen LogP contribution in [0.3, 0.4) is 0 Å². The van der Waals surface area contributed by atoms with Crippen LogP contribution in [0.2, 0.25) is 0 Å². The summed E-state index contributed by atoms with van der Waals surface area (Å²) in [5, 5.41) is 8.15. The van der Waals surface area contributed by atoms with Gasteiger partial charge in [-0.1, -0.05) is 26.0 Å². The molecular formula is C19H22F4N6O. The highest BCUT2D eigenvalue weighted by Crippen LogP contribution is 2.43.